The molecule has 6 heteroatoms. The Bertz CT molecular complexity index is 647. The highest BCUT2D eigenvalue weighted by Gasteiger charge is 2.38. The third kappa shape index (κ3) is 3.64. The van der Waals surface area contributed by atoms with E-state index in [-0.39, 0.29) is 11.8 Å². The second-order valence-electron chi connectivity index (χ2n) is 7.79. The number of nitrogens with one attached hydrogen (secondary N) is 2. The van der Waals surface area contributed by atoms with Crippen molar-refractivity contribution in [3.05, 3.63) is 24.3 Å². The molecule has 2 N–H and O–H groups in total. The van der Waals surface area contributed by atoms with Gasteiger partial charge in [-0.25, -0.2) is 10.9 Å². The number of unbranched alkanes of at least 4 members (excludes halogenated alkanes) is 1. The third-order valence-electron chi connectivity index (χ3n) is 6.00. The van der Waals surface area contributed by atoms with E-state index in [9.17, 15) is 9.59 Å². The minimum Gasteiger partial charge on any atom is -0.273 e. The lowest BCUT2D eigenvalue weighted by Crippen LogP contribution is -2.35. The highest BCUT2D eigenvalue weighted by Crippen LogP contribution is 2.40. The molecule has 26 heavy (non-hydrogen) atoms. The SMILES string of the molecule is O=C(CCCCC(=O)N/N=C1/C[C@@H]2CC=C[C@@H]12)N/N=C1/C[C@H]2CC=C[C@H]12. The zero-order chi connectivity index (χ0) is 17.9. The monoisotopic (exact) mass is 354 g/mol. The number of nitrogens with zero attached hydrogens (tertiary/aromatic N) is 2. The Kier molecular flexibility index (Phi) is 5.00. The van der Waals surface area contributed by atoms with Crippen molar-refractivity contribution in [3.8, 4) is 0 Å². The quantitative estimate of drug-likeness (QED) is 0.419. The number of rotatable bonds is 7. The number of carbonyl (C=O) groups excluding carboxylic acids is 2. The van der Waals surface area contributed by atoms with Crippen LogP contribution in [0.3, 0.4) is 0 Å². The highest BCUT2D eigenvalue weighted by molar-refractivity contribution is 5.96. The first-order valence-electron chi connectivity index (χ1n) is 9.74. The fourth-order valence-electron chi connectivity index (χ4n) is 4.27. The second-order valence-corrected chi connectivity index (χ2v) is 7.79. The van der Waals surface area contributed by atoms with E-state index in [1.54, 1.807) is 0 Å². The molecule has 6 nitrogen and oxygen atoms in total. The van der Waals surface area contributed by atoms with Crippen LogP contribution in [-0.4, -0.2) is 23.2 Å². The van der Waals surface area contributed by atoms with Gasteiger partial charge in [-0.15, -0.1) is 0 Å². The van der Waals surface area contributed by atoms with Crippen LogP contribution in [0.5, 0.6) is 0 Å². The summed E-state index contributed by atoms with van der Waals surface area (Å²) in [5, 5.41) is 8.48. The fourth-order valence-corrected chi connectivity index (χ4v) is 4.27. The molecule has 0 radical (unpaired) electrons. The number of fused-ring (bicyclic) bond motifs is 2. The number of hydrogen-bond acceptors (Lipinski definition) is 4. The Hall–Kier alpha value is -2.24. The van der Waals surface area contributed by atoms with Crippen LogP contribution in [0.2, 0.25) is 0 Å². The first-order valence-corrected chi connectivity index (χ1v) is 9.74. The van der Waals surface area contributed by atoms with Gasteiger partial charge in [0.15, 0.2) is 0 Å². The molecule has 2 amide bonds. The lowest BCUT2D eigenvalue weighted by atomic mass is 9.74. The van der Waals surface area contributed by atoms with E-state index < -0.39 is 0 Å². The van der Waals surface area contributed by atoms with Crippen molar-refractivity contribution in [1.29, 1.82) is 0 Å². The van der Waals surface area contributed by atoms with Gasteiger partial charge in [-0.05, 0) is 50.4 Å². The third-order valence-corrected chi connectivity index (χ3v) is 6.00. The van der Waals surface area contributed by atoms with Gasteiger partial charge in [-0.1, -0.05) is 24.3 Å². The molecule has 0 aromatic carbocycles. The zero-order valence-electron chi connectivity index (χ0n) is 15.0. The average Bonchev–Trinajstić information content (AvgIpc) is 3.15. The van der Waals surface area contributed by atoms with Crippen LogP contribution < -0.4 is 10.9 Å². The minimum atomic E-state index is -0.0721. The van der Waals surface area contributed by atoms with Gasteiger partial charge in [0.05, 0.1) is 0 Å². The number of carbonyl (C=O) groups is 2. The molecule has 4 rings (SSSR count). The van der Waals surface area contributed by atoms with Crippen molar-refractivity contribution in [2.24, 2.45) is 33.9 Å². The summed E-state index contributed by atoms with van der Waals surface area (Å²) >= 11 is 0. The summed E-state index contributed by atoms with van der Waals surface area (Å²) in [6, 6.07) is 0. The van der Waals surface area contributed by atoms with Crippen molar-refractivity contribution in [2.75, 3.05) is 0 Å². The maximum Gasteiger partial charge on any atom is 0.240 e. The smallest absolute Gasteiger partial charge is 0.240 e. The molecule has 0 aromatic rings. The molecule has 4 aliphatic rings. The Morgan fingerprint density at radius 3 is 1.73 bits per heavy atom. The predicted octanol–water partition coefficient (Wildman–Crippen LogP) is 2.68. The molecular weight excluding hydrogens is 328 g/mol. The van der Waals surface area contributed by atoms with E-state index in [0.29, 0.717) is 49.4 Å². The summed E-state index contributed by atoms with van der Waals surface area (Å²) in [6.07, 6.45) is 15.2. The standard InChI is InChI=1S/C20H26N4O2/c25-19(23-21-17-11-13-5-3-7-15(13)17)9-1-2-10-20(26)24-22-18-12-14-6-4-8-16(14)18/h3-4,7-8,13-16H,1-2,5-6,9-12H2,(H,23,25)(H,24,26)/b21-17-,22-18-/t13-,14+,15+,16-. The molecule has 2 fully saturated rings. The highest BCUT2D eigenvalue weighted by atomic mass is 16.2. The van der Waals surface area contributed by atoms with E-state index >= 15 is 0 Å². The van der Waals surface area contributed by atoms with Gasteiger partial charge in [0.1, 0.15) is 0 Å². The van der Waals surface area contributed by atoms with Gasteiger partial charge in [-0.3, -0.25) is 9.59 Å². The van der Waals surface area contributed by atoms with Crippen molar-refractivity contribution in [3.63, 3.8) is 0 Å². The van der Waals surface area contributed by atoms with E-state index in [1.165, 1.54) is 0 Å². The molecule has 138 valence electrons. The summed E-state index contributed by atoms with van der Waals surface area (Å²) in [5.41, 5.74) is 7.47. The van der Waals surface area contributed by atoms with Gasteiger partial charge in [0.2, 0.25) is 11.8 Å². The molecule has 0 unspecified atom stereocenters. The van der Waals surface area contributed by atoms with E-state index in [1.807, 2.05) is 0 Å². The zero-order valence-corrected chi connectivity index (χ0v) is 15.0. The molecule has 0 bridgehead atoms. The second kappa shape index (κ2) is 7.56. The van der Waals surface area contributed by atoms with Crippen molar-refractivity contribution in [2.45, 2.75) is 51.4 Å². The average molecular weight is 354 g/mol. The largest absolute Gasteiger partial charge is 0.273 e. The van der Waals surface area contributed by atoms with Gasteiger partial charge in [-0.2, -0.15) is 10.2 Å². The molecular formula is C20H26N4O2. The van der Waals surface area contributed by atoms with Gasteiger partial charge in [0.25, 0.3) is 0 Å². The Morgan fingerprint density at radius 1 is 0.846 bits per heavy atom. The Morgan fingerprint density at radius 2 is 1.31 bits per heavy atom. The van der Waals surface area contributed by atoms with E-state index in [0.717, 1.165) is 37.1 Å². The first-order chi connectivity index (χ1) is 12.7. The summed E-state index contributed by atoms with van der Waals surface area (Å²) in [7, 11) is 0. The van der Waals surface area contributed by atoms with Crippen LogP contribution in [0, 0.1) is 23.7 Å². The molecule has 0 aliphatic heterocycles. The van der Waals surface area contributed by atoms with Crippen LogP contribution in [0.4, 0.5) is 0 Å². The molecule has 4 aliphatic carbocycles. The Balaban J connectivity index is 1.07. The normalized spacial score (nSPS) is 33.5. The van der Waals surface area contributed by atoms with Crippen molar-refractivity contribution >= 4 is 23.2 Å². The number of hydrogen-bond donors (Lipinski definition) is 2. The van der Waals surface area contributed by atoms with Crippen LogP contribution in [-0.2, 0) is 9.59 Å². The van der Waals surface area contributed by atoms with Crippen molar-refractivity contribution in [1.82, 2.24) is 10.9 Å². The Labute approximate surface area is 153 Å². The van der Waals surface area contributed by atoms with Gasteiger partial charge < -0.3 is 0 Å². The first kappa shape index (κ1) is 17.2. The maximum atomic E-state index is 11.8. The lowest BCUT2D eigenvalue weighted by Gasteiger charge is -2.31. The maximum absolute atomic E-state index is 11.8. The van der Waals surface area contributed by atoms with Crippen molar-refractivity contribution < 1.29 is 9.59 Å². The van der Waals surface area contributed by atoms with Crippen LogP contribution >= 0.6 is 0 Å². The molecule has 0 aromatic heterocycles. The predicted molar refractivity (Wildman–Crippen MR) is 100 cm³/mol. The summed E-state index contributed by atoms with van der Waals surface area (Å²) < 4.78 is 0. The van der Waals surface area contributed by atoms with Crippen LogP contribution in [0.25, 0.3) is 0 Å². The molecule has 0 heterocycles. The topological polar surface area (TPSA) is 82.9 Å². The minimum absolute atomic E-state index is 0.0721. The molecule has 0 saturated heterocycles. The lowest BCUT2D eigenvalue weighted by molar-refractivity contribution is -0.123. The number of allylic oxidation sites excluding steroid dienone is 4. The van der Waals surface area contributed by atoms with Gasteiger partial charge >= 0.3 is 0 Å². The van der Waals surface area contributed by atoms with Crippen LogP contribution in [0.1, 0.15) is 51.4 Å². The van der Waals surface area contributed by atoms with E-state index in [2.05, 4.69) is 45.4 Å². The molecule has 0 spiro atoms. The fraction of sp³-hybridized carbons (Fsp3) is 0.600. The summed E-state index contributed by atoms with van der Waals surface area (Å²) in [5.74, 6) is 2.18. The summed E-state index contributed by atoms with van der Waals surface area (Å²) in [6.45, 7) is 0. The molecule has 4 atom stereocenters. The van der Waals surface area contributed by atoms with E-state index in [4.69, 9.17) is 0 Å². The van der Waals surface area contributed by atoms with Gasteiger partial charge in [0, 0.05) is 36.1 Å². The number of hydrazone groups is 2. The number of amides is 2. The molecule has 2 saturated carbocycles. The summed E-state index contributed by atoms with van der Waals surface area (Å²) in [4.78, 5) is 23.7. The van der Waals surface area contributed by atoms with Crippen LogP contribution in [0.15, 0.2) is 34.5 Å².